The van der Waals surface area contributed by atoms with Gasteiger partial charge in [0.25, 0.3) is 0 Å². The Morgan fingerprint density at radius 1 is 1.18 bits per heavy atom. The number of nitrogens with zero attached hydrogens (tertiary/aromatic N) is 2. The molecular formula is C29H36F2N4O4. The third-order valence-electron chi connectivity index (χ3n) is 7.66. The molecule has 39 heavy (non-hydrogen) atoms. The quantitative estimate of drug-likeness (QED) is 0.534. The molecule has 2 aromatic carbocycles. The summed E-state index contributed by atoms with van der Waals surface area (Å²) in [6.07, 6.45) is 1.28. The van der Waals surface area contributed by atoms with E-state index in [4.69, 9.17) is 10.5 Å². The summed E-state index contributed by atoms with van der Waals surface area (Å²) in [6.45, 7) is 3.96. The van der Waals surface area contributed by atoms with Crippen molar-refractivity contribution in [2.75, 3.05) is 33.3 Å². The van der Waals surface area contributed by atoms with Crippen LogP contribution >= 0.6 is 0 Å². The second-order valence-corrected chi connectivity index (χ2v) is 11.2. The fourth-order valence-corrected chi connectivity index (χ4v) is 5.57. The number of likely N-dealkylation sites (N-methyl/N-ethyl adjacent to an activating group) is 1. The van der Waals surface area contributed by atoms with E-state index in [9.17, 15) is 23.2 Å². The van der Waals surface area contributed by atoms with Crippen molar-refractivity contribution in [2.24, 2.45) is 11.1 Å². The highest BCUT2D eigenvalue weighted by Gasteiger charge is 2.55. The molecule has 2 saturated heterocycles. The summed E-state index contributed by atoms with van der Waals surface area (Å²) in [7, 11) is 1.78. The lowest BCUT2D eigenvalue weighted by Crippen LogP contribution is -2.60. The number of hydrogen-bond donors (Lipinski definition) is 2. The van der Waals surface area contributed by atoms with Gasteiger partial charge in [-0.05, 0) is 49.9 Å². The van der Waals surface area contributed by atoms with Gasteiger partial charge in [-0.1, -0.05) is 36.4 Å². The second kappa shape index (κ2) is 11.4. The molecule has 8 nitrogen and oxygen atoms in total. The van der Waals surface area contributed by atoms with Gasteiger partial charge < -0.3 is 25.6 Å². The number of likely N-dealkylation sites (tertiary alicyclic amines) is 2. The van der Waals surface area contributed by atoms with Gasteiger partial charge in [0.05, 0.1) is 24.2 Å². The van der Waals surface area contributed by atoms with E-state index in [-0.39, 0.29) is 37.5 Å². The molecule has 3 unspecified atom stereocenters. The Morgan fingerprint density at radius 3 is 2.56 bits per heavy atom. The fraction of sp³-hybridized carbons (Fsp3) is 0.483. The van der Waals surface area contributed by atoms with Crippen LogP contribution in [-0.2, 0) is 25.7 Å². The number of hydrogen-bond acceptors (Lipinski definition) is 5. The molecule has 0 saturated carbocycles. The molecule has 2 heterocycles. The number of rotatable bonds is 8. The van der Waals surface area contributed by atoms with E-state index in [0.717, 1.165) is 17.7 Å². The predicted molar refractivity (Wildman–Crippen MR) is 141 cm³/mol. The lowest BCUT2D eigenvalue weighted by molar-refractivity contribution is -0.147. The summed E-state index contributed by atoms with van der Waals surface area (Å²) in [6, 6.07) is 12.2. The van der Waals surface area contributed by atoms with Crippen LogP contribution in [0.2, 0.25) is 0 Å². The van der Waals surface area contributed by atoms with Gasteiger partial charge in [-0.25, -0.2) is 8.78 Å². The first-order valence-corrected chi connectivity index (χ1v) is 13.1. The van der Waals surface area contributed by atoms with Crippen LogP contribution in [0.3, 0.4) is 0 Å². The molecule has 3 N–H and O–H groups in total. The first-order chi connectivity index (χ1) is 18.4. The first kappa shape index (κ1) is 28.6. The largest absolute Gasteiger partial charge is 0.374 e. The number of nitrogens with two attached hydrogens (primary N) is 1. The minimum atomic E-state index is -1.25. The average molecular weight is 543 g/mol. The summed E-state index contributed by atoms with van der Waals surface area (Å²) < 4.78 is 32.6. The van der Waals surface area contributed by atoms with E-state index in [1.165, 1.54) is 19.9 Å². The maximum absolute atomic E-state index is 13.8. The molecule has 210 valence electrons. The van der Waals surface area contributed by atoms with Crippen LogP contribution < -0.4 is 11.1 Å². The maximum Gasteiger partial charge on any atom is 0.247 e. The van der Waals surface area contributed by atoms with Gasteiger partial charge in [0.15, 0.2) is 11.6 Å². The number of amides is 3. The Hall–Kier alpha value is -3.37. The molecule has 2 aliphatic heterocycles. The molecule has 2 aromatic rings. The summed E-state index contributed by atoms with van der Waals surface area (Å²) in [5.74, 6) is -2.96. The summed E-state index contributed by atoms with van der Waals surface area (Å²) >= 11 is 0. The number of halogens is 2. The lowest BCUT2D eigenvalue weighted by Gasteiger charge is -2.43. The molecule has 3 amide bonds. The van der Waals surface area contributed by atoms with Crippen molar-refractivity contribution in [1.82, 2.24) is 15.1 Å². The zero-order valence-electron chi connectivity index (χ0n) is 22.6. The number of benzene rings is 2. The first-order valence-electron chi connectivity index (χ1n) is 13.1. The Kier molecular flexibility index (Phi) is 8.37. The van der Waals surface area contributed by atoms with Gasteiger partial charge in [-0.15, -0.1) is 0 Å². The van der Waals surface area contributed by atoms with Gasteiger partial charge in [-0.3, -0.25) is 14.4 Å². The highest BCUT2D eigenvalue weighted by Crippen LogP contribution is 2.49. The molecule has 0 aromatic heterocycles. The van der Waals surface area contributed by atoms with Gasteiger partial charge in [0.1, 0.15) is 6.04 Å². The van der Waals surface area contributed by atoms with Crippen molar-refractivity contribution < 1.29 is 27.9 Å². The third kappa shape index (κ3) is 6.12. The van der Waals surface area contributed by atoms with Gasteiger partial charge >= 0.3 is 0 Å². The molecule has 3 atom stereocenters. The van der Waals surface area contributed by atoms with E-state index >= 15 is 0 Å². The minimum absolute atomic E-state index is 0.00659. The molecule has 2 fully saturated rings. The van der Waals surface area contributed by atoms with Crippen LogP contribution in [0.15, 0.2) is 48.5 Å². The Morgan fingerprint density at radius 2 is 1.90 bits per heavy atom. The Bertz CT molecular complexity index is 1220. The number of carbonyl (C=O) groups is 3. The number of piperidine rings is 1. The Balaban J connectivity index is 1.54. The third-order valence-corrected chi connectivity index (χ3v) is 7.66. The maximum atomic E-state index is 13.8. The molecule has 0 radical (unpaired) electrons. The SMILES string of the molecule is CN1CC(c2ccccc2)C2(CCCN(C(=O)C(COCc3ccc(F)c(F)c3)NC(=O)C(C)(C)N)C2)C1=O. The molecule has 10 heteroatoms. The van der Waals surface area contributed by atoms with Gasteiger partial charge in [0.2, 0.25) is 17.7 Å². The molecular weight excluding hydrogens is 506 g/mol. The normalized spacial score (nSPS) is 22.3. The lowest BCUT2D eigenvalue weighted by atomic mass is 9.69. The second-order valence-electron chi connectivity index (χ2n) is 11.2. The monoisotopic (exact) mass is 542 g/mol. The zero-order chi connectivity index (χ0) is 28.4. The van der Waals surface area contributed by atoms with E-state index in [1.807, 2.05) is 30.3 Å². The zero-order valence-corrected chi connectivity index (χ0v) is 22.6. The van der Waals surface area contributed by atoms with Gasteiger partial charge in [-0.2, -0.15) is 0 Å². The molecule has 1 spiro atoms. The number of nitrogens with one attached hydrogen (secondary N) is 1. The van der Waals surface area contributed by atoms with Crippen molar-refractivity contribution in [1.29, 1.82) is 0 Å². The van der Waals surface area contributed by atoms with Crippen molar-refractivity contribution >= 4 is 17.7 Å². The van der Waals surface area contributed by atoms with Crippen LogP contribution in [0.1, 0.15) is 43.7 Å². The standard InChI is InChI=1S/C29H36F2N4O4/c1-28(2,32)26(37)33-24(17-39-16-19-10-11-22(30)23(31)14-19)25(36)35-13-7-12-29(18-35)21(15-34(3)27(29)38)20-8-5-4-6-9-20/h4-6,8-11,14,21,24H,7,12-13,15-18,32H2,1-3H3,(H,33,37). The van der Waals surface area contributed by atoms with E-state index in [1.54, 1.807) is 16.8 Å². The summed E-state index contributed by atoms with van der Waals surface area (Å²) in [5, 5.41) is 2.69. The average Bonchev–Trinajstić information content (AvgIpc) is 3.14. The van der Waals surface area contributed by atoms with E-state index in [2.05, 4.69) is 5.32 Å². The van der Waals surface area contributed by atoms with Crippen LogP contribution in [0.25, 0.3) is 0 Å². The topological polar surface area (TPSA) is 105 Å². The van der Waals surface area contributed by atoms with Crippen LogP contribution in [0.4, 0.5) is 8.78 Å². The predicted octanol–water partition coefficient (Wildman–Crippen LogP) is 2.57. The molecule has 0 aliphatic carbocycles. The fourth-order valence-electron chi connectivity index (χ4n) is 5.57. The van der Waals surface area contributed by atoms with Crippen LogP contribution in [0, 0.1) is 17.0 Å². The van der Waals surface area contributed by atoms with Crippen LogP contribution in [0.5, 0.6) is 0 Å². The summed E-state index contributed by atoms with van der Waals surface area (Å²) in [4.78, 5) is 43.4. The summed E-state index contributed by atoms with van der Waals surface area (Å²) in [5.41, 5.74) is 5.38. The van der Waals surface area contributed by atoms with E-state index in [0.29, 0.717) is 31.5 Å². The van der Waals surface area contributed by atoms with Crippen molar-refractivity contribution in [3.8, 4) is 0 Å². The van der Waals surface area contributed by atoms with Crippen molar-refractivity contribution in [2.45, 2.75) is 50.8 Å². The number of ether oxygens (including phenoxy) is 1. The molecule has 0 bridgehead atoms. The van der Waals surface area contributed by atoms with Crippen LogP contribution in [-0.4, -0.2) is 72.4 Å². The molecule has 4 rings (SSSR count). The Labute approximate surface area is 227 Å². The van der Waals surface area contributed by atoms with Crippen molar-refractivity contribution in [3.63, 3.8) is 0 Å². The highest BCUT2D eigenvalue weighted by molar-refractivity contribution is 5.92. The number of carbonyl (C=O) groups excluding carboxylic acids is 3. The van der Waals surface area contributed by atoms with Gasteiger partial charge in [0, 0.05) is 32.6 Å². The smallest absolute Gasteiger partial charge is 0.247 e. The van der Waals surface area contributed by atoms with Crippen molar-refractivity contribution in [3.05, 3.63) is 71.3 Å². The highest BCUT2D eigenvalue weighted by atomic mass is 19.2. The van der Waals surface area contributed by atoms with E-state index < -0.39 is 34.5 Å². The molecule has 2 aliphatic rings. The minimum Gasteiger partial charge on any atom is -0.374 e.